The molecule has 7 heteroatoms. The van der Waals surface area contributed by atoms with Crippen molar-refractivity contribution in [3.05, 3.63) is 18.0 Å². The smallest absolute Gasteiger partial charge is 0.242 e. The van der Waals surface area contributed by atoms with Crippen LogP contribution in [-0.2, 0) is 23.2 Å². The molecule has 0 aromatic carbocycles. The molecule has 6 nitrogen and oxygen atoms in total. The van der Waals surface area contributed by atoms with Gasteiger partial charge >= 0.3 is 0 Å². The van der Waals surface area contributed by atoms with Gasteiger partial charge in [-0.2, -0.15) is 0 Å². The number of hydrogen-bond acceptors (Lipinski definition) is 4. The quantitative estimate of drug-likeness (QED) is 0.813. The fourth-order valence-electron chi connectivity index (χ4n) is 2.80. The van der Waals surface area contributed by atoms with E-state index in [1.54, 1.807) is 12.3 Å². The molecule has 0 radical (unpaired) electrons. The Morgan fingerprint density at radius 3 is 2.86 bits per heavy atom. The topological polar surface area (TPSA) is 74.6 Å². The number of likely N-dealkylation sites (N-methyl/N-ethyl adjacent to an activating group) is 1. The van der Waals surface area contributed by atoms with Crippen molar-refractivity contribution in [3.63, 3.8) is 0 Å². The Labute approximate surface area is 126 Å². The van der Waals surface area contributed by atoms with Gasteiger partial charge in [0.25, 0.3) is 0 Å². The van der Waals surface area contributed by atoms with Gasteiger partial charge in [0.1, 0.15) is 0 Å². The largest absolute Gasteiger partial charge is 0.390 e. The van der Waals surface area contributed by atoms with Crippen molar-refractivity contribution in [3.8, 4) is 0 Å². The average molecular weight is 315 g/mol. The van der Waals surface area contributed by atoms with Gasteiger partial charge in [-0.1, -0.05) is 6.92 Å². The maximum absolute atomic E-state index is 12.5. The molecule has 1 aromatic heterocycles. The molecule has 1 aliphatic rings. The van der Waals surface area contributed by atoms with E-state index in [2.05, 4.69) is 9.62 Å². The number of aliphatic hydroxyl groups is 1. The number of likely N-dealkylation sites (tertiary alicyclic amines) is 1. The first-order valence-corrected chi connectivity index (χ1v) is 8.95. The highest BCUT2D eigenvalue weighted by atomic mass is 32.2. The first kappa shape index (κ1) is 16.5. The average Bonchev–Trinajstić information content (AvgIpc) is 2.83. The van der Waals surface area contributed by atoms with E-state index >= 15 is 0 Å². The minimum absolute atomic E-state index is 0.0409. The minimum atomic E-state index is -3.52. The Morgan fingerprint density at radius 1 is 1.48 bits per heavy atom. The Bertz CT molecular complexity index is 568. The molecule has 0 saturated carbocycles. The monoisotopic (exact) mass is 315 g/mol. The van der Waals surface area contributed by atoms with E-state index in [4.69, 9.17) is 0 Å². The molecule has 1 atom stereocenters. The highest BCUT2D eigenvalue weighted by Gasteiger charge is 2.25. The van der Waals surface area contributed by atoms with Gasteiger partial charge in [-0.3, -0.25) is 0 Å². The second-order valence-corrected chi connectivity index (χ2v) is 7.46. The molecule has 1 unspecified atom stereocenters. The summed E-state index contributed by atoms with van der Waals surface area (Å²) in [6.07, 6.45) is 4.38. The summed E-state index contributed by atoms with van der Waals surface area (Å²) < 4.78 is 29.5. The van der Waals surface area contributed by atoms with Gasteiger partial charge < -0.3 is 14.6 Å². The van der Waals surface area contributed by atoms with Crippen LogP contribution >= 0.6 is 0 Å². The predicted molar refractivity (Wildman–Crippen MR) is 81.5 cm³/mol. The van der Waals surface area contributed by atoms with Crippen molar-refractivity contribution >= 4 is 10.0 Å². The van der Waals surface area contributed by atoms with Gasteiger partial charge in [0.2, 0.25) is 10.0 Å². The van der Waals surface area contributed by atoms with Crippen LogP contribution in [0.2, 0.25) is 0 Å². The van der Waals surface area contributed by atoms with Crippen LogP contribution in [-0.4, -0.2) is 49.2 Å². The molecule has 2 N–H and O–H groups in total. The van der Waals surface area contributed by atoms with Crippen molar-refractivity contribution in [2.75, 3.05) is 20.1 Å². The van der Waals surface area contributed by atoms with E-state index in [1.165, 1.54) is 0 Å². The van der Waals surface area contributed by atoms with Crippen LogP contribution in [0.4, 0.5) is 0 Å². The zero-order valence-corrected chi connectivity index (χ0v) is 13.6. The molecule has 21 heavy (non-hydrogen) atoms. The van der Waals surface area contributed by atoms with Gasteiger partial charge in [-0.15, -0.1) is 0 Å². The summed E-state index contributed by atoms with van der Waals surface area (Å²) in [4.78, 5) is 2.38. The Morgan fingerprint density at radius 2 is 2.24 bits per heavy atom. The molecule has 2 heterocycles. The fourth-order valence-corrected chi connectivity index (χ4v) is 4.13. The summed E-state index contributed by atoms with van der Waals surface area (Å²) in [6, 6.07) is 1.52. The second-order valence-electron chi connectivity index (χ2n) is 5.74. The second kappa shape index (κ2) is 6.91. The van der Waals surface area contributed by atoms with Crippen molar-refractivity contribution in [2.45, 2.75) is 50.3 Å². The molecule has 0 bridgehead atoms. The van der Waals surface area contributed by atoms with Crippen LogP contribution in [0.3, 0.4) is 0 Å². The van der Waals surface area contributed by atoms with Crippen LogP contribution < -0.4 is 4.72 Å². The van der Waals surface area contributed by atoms with Crippen molar-refractivity contribution in [2.24, 2.45) is 0 Å². The number of aryl methyl sites for hydroxylation is 1. The highest BCUT2D eigenvalue weighted by Crippen LogP contribution is 2.17. The third kappa shape index (κ3) is 4.06. The van der Waals surface area contributed by atoms with E-state index in [0.717, 1.165) is 32.4 Å². The summed E-state index contributed by atoms with van der Waals surface area (Å²) in [5, 5.41) is 9.34. The summed E-state index contributed by atoms with van der Waals surface area (Å²) in [5.74, 6) is 0. The number of hydrogen-bond donors (Lipinski definition) is 2. The molecular formula is C14H25N3O3S. The number of nitrogens with zero attached hydrogens (tertiary/aromatic N) is 2. The highest BCUT2D eigenvalue weighted by molar-refractivity contribution is 7.89. The van der Waals surface area contributed by atoms with Crippen molar-refractivity contribution in [1.29, 1.82) is 0 Å². The third-order valence-electron chi connectivity index (χ3n) is 3.84. The maximum Gasteiger partial charge on any atom is 0.242 e. The number of sulfonamides is 1. The molecular weight excluding hydrogens is 290 g/mol. The van der Waals surface area contributed by atoms with Gasteiger partial charge in [0.15, 0.2) is 0 Å². The Kier molecular flexibility index (Phi) is 5.43. The van der Waals surface area contributed by atoms with Gasteiger partial charge in [0, 0.05) is 31.0 Å². The molecule has 0 spiro atoms. The normalized spacial score (nSPS) is 20.8. The lowest BCUT2D eigenvalue weighted by Crippen LogP contribution is -2.46. The third-order valence-corrected chi connectivity index (χ3v) is 5.33. The number of nitrogens with one attached hydrogen (secondary N) is 1. The zero-order chi connectivity index (χ0) is 15.5. The molecule has 2 rings (SSSR count). The maximum atomic E-state index is 12.5. The van der Waals surface area contributed by atoms with Gasteiger partial charge in [0.05, 0.1) is 11.5 Å². The lowest BCUT2D eigenvalue weighted by molar-refractivity contribution is 0.242. The Balaban J connectivity index is 2.15. The summed E-state index contributed by atoms with van der Waals surface area (Å²) in [7, 11) is -1.52. The summed E-state index contributed by atoms with van der Waals surface area (Å²) in [5.41, 5.74) is 0.637. The van der Waals surface area contributed by atoms with Crippen molar-refractivity contribution < 1.29 is 13.5 Å². The van der Waals surface area contributed by atoms with Crippen LogP contribution in [0, 0.1) is 0 Å². The van der Waals surface area contributed by atoms with E-state index in [0.29, 0.717) is 12.2 Å². The lowest BCUT2D eigenvalue weighted by atomic mass is 10.1. The molecule has 0 aliphatic carbocycles. The molecule has 1 saturated heterocycles. The van der Waals surface area contributed by atoms with Crippen LogP contribution in [0.15, 0.2) is 17.2 Å². The number of rotatable bonds is 6. The summed E-state index contributed by atoms with van der Waals surface area (Å²) in [6.45, 7) is 4.33. The predicted octanol–water partition coefficient (Wildman–Crippen LogP) is 0.763. The Hall–Kier alpha value is -0.890. The first-order valence-electron chi connectivity index (χ1n) is 7.47. The number of aromatic nitrogens is 1. The molecule has 1 aliphatic heterocycles. The minimum Gasteiger partial charge on any atom is -0.390 e. The van der Waals surface area contributed by atoms with Crippen LogP contribution in [0.1, 0.15) is 31.9 Å². The number of aliphatic hydroxyl groups excluding tert-OH is 1. The van der Waals surface area contributed by atoms with Gasteiger partial charge in [-0.25, -0.2) is 13.1 Å². The number of piperidine rings is 1. The van der Waals surface area contributed by atoms with Crippen LogP contribution in [0.25, 0.3) is 0 Å². The van der Waals surface area contributed by atoms with E-state index < -0.39 is 10.0 Å². The first-order chi connectivity index (χ1) is 9.96. The zero-order valence-electron chi connectivity index (χ0n) is 12.7. The van der Waals surface area contributed by atoms with Crippen molar-refractivity contribution in [1.82, 2.24) is 14.2 Å². The summed E-state index contributed by atoms with van der Waals surface area (Å²) >= 11 is 0. The van der Waals surface area contributed by atoms with E-state index in [9.17, 15) is 13.5 Å². The SMILES string of the molecule is CCCn1cc(S(=O)(=O)NC2CCCN(C)C2)cc1CO. The van der Waals surface area contributed by atoms with E-state index in [-0.39, 0.29) is 17.5 Å². The standard InChI is InChI=1S/C14H25N3O3S/c1-3-6-17-10-14(8-13(17)11-18)21(19,20)15-12-5-4-7-16(2)9-12/h8,10,12,15,18H,3-7,9,11H2,1-2H3. The molecule has 0 amide bonds. The fraction of sp³-hybridized carbons (Fsp3) is 0.714. The molecule has 1 aromatic rings. The lowest BCUT2D eigenvalue weighted by Gasteiger charge is -2.29. The van der Waals surface area contributed by atoms with E-state index in [1.807, 2.05) is 18.5 Å². The molecule has 1 fully saturated rings. The van der Waals surface area contributed by atoms with Crippen LogP contribution in [0.5, 0.6) is 0 Å². The molecule has 120 valence electrons. The van der Waals surface area contributed by atoms with Gasteiger partial charge in [-0.05, 0) is 38.9 Å².